The van der Waals surface area contributed by atoms with E-state index in [1.54, 1.807) is 14.2 Å². The first-order valence-corrected chi connectivity index (χ1v) is 9.14. The molecule has 0 radical (unpaired) electrons. The second-order valence-electron chi connectivity index (χ2n) is 6.70. The van der Waals surface area contributed by atoms with Gasteiger partial charge in [0.2, 0.25) is 0 Å². The number of carbonyl (C=O) groups excluding carboxylic acids is 1. The Balaban J connectivity index is 1.64. The maximum atomic E-state index is 12.5. The van der Waals surface area contributed by atoms with E-state index in [-0.39, 0.29) is 5.91 Å². The third kappa shape index (κ3) is 4.52. The maximum Gasteiger partial charge on any atom is 0.257 e. The molecule has 3 aromatic rings. The van der Waals surface area contributed by atoms with Crippen LogP contribution in [0.15, 0.2) is 42.5 Å². The van der Waals surface area contributed by atoms with E-state index in [2.05, 4.69) is 15.5 Å². The second kappa shape index (κ2) is 8.61. The third-order valence-corrected chi connectivity index (χ3v) is 4.82. The molecule has 2 N–H and O–H groups in total. The van der Waals surface area contributed by atoms with Gasteiger partial charge in [-0.05, 0) is 61.6 Å². The number of nitrogens with one attached hydrogen (secondary N) is 2. The average Bonchev–Trinajstić information content (AvgIpc) is 3.15. The summed E-state index contributed by atoms with van der Waals surface area (Å²) in [6.07, 6.45) is 1.54. The van der Waals surface area contributed by atoms with Gasteiger partial charge in [0.1, 0.15) is 11.5 Å². The van der Waals surface area contributed by atoms with Crippen molar-refractivity contribution in [2.75, 3.05) is 19.5 Å². The molecule has 0 bridgehead atoms. The van der Waals surface area contributed by atoms with Crippen molar-refractivity contribution in [2.45, 2.75) is 26.7 Å². The van der Waals surface area contributed by atoms with Crippen LogP contribution in [-0.4, -0.2) is 30.3 Å². The van der Waals surface area contributed by atoms with Crippen LogP contribution < -0.4 is 14.8 Å². The summed E-state index contributed by atoms with van der Waals surface area (Å²) in [5, 5.41) is 10.1. The Labute approximate surface area is 164 Å². The Hall–Kier alpha value is -3.28. The van der Waals surface area contributed by atoms with Gasteiger partial charge in [-0.25, -0.2) is 0 Å². The number of ether oxygens (including phenoxy) is 2. The zero-order valence-corrected chi connectivity index (χ0v) is 16.6. The number of hydrogen-bond acceptors (Lipinski definition) is 4. The van der Waals surface area contributed by atoms with Gasteiger partial charge in [0.05, 0.1) is 14.2 Å². The van der Waals surface area contributed by atoms with Crippen LogP contribution in [0.3, 0.4) is 0 Å². The van der Waals surface area contributed by atoms with E-state index in [1.165, 1.54) is 0 Å². The Kier molecular flexibility index (Phi) is 5.99. The number of anilines is 1. The summed E-state index contributed by atoms with van der Waals surface area (Å²) in [6.45, 7) is 3.94. The van der Waals surface area contributed by atoms with E-state index in [1.807, 2.05) is 56.3 Å². The van der Waals surface area contributed by atoms with E-state index < -0.39 is 0 Å². The van der Waals surface area contributed by atoms with Crippen LogP contribution in [0, 0.1) is 13.8 Å². The molecule has 0 aliphatic heterocycles. The monoisotopic (exact) mass is 379 g/mol. The zero-order chi connectivity index (χ0) is 20.1. The predicted octanol–water partition coefficient (Wildman–Crippen LogP) is 4.08. The van der Waals surface area contributed by atoms with Gasteiger partial charge in [-0.3, -0.25) is 9.89 Å². The van der Waals surface area contributed by atoms with Crippen molar-refractivity contribution >= 4 is 11.7 Å². The third-order valence-electron chi connectivity index (χ3n) is 4.82. The van der Waals surface area contributed by atoms with Crippen LogP contribution in [0.1, 0.15) is 32.7 Å². The summed E-state index contributed by atoms with van der Waals surface area (Å²) in [5.74, 6) is 1.89. The van der Waals surface area contributed by atoms with Gasteiger partial charge in [-0.1, -0.05) is 12.1 Å². The SMILES string of the molecule is COc1cc(CCc2cc(NC(=O)c3cccc(C)c3C)n[nH]2)cc(OC)c1. The normalized spacial score (nSPS) is 10.6. The lowest BCUT2D eigenvalue weighted by Crippen LogP contribution is -2.14. The molecular weight excluding hydrogens is 354 g/mol. The van der Waals surface area contributed by atoms with Crippen molar-refractivity contribution < 1.29 is 14.3 Å². The van der Waals surface area contributed by atoms with Gasteiger partial charge >= 0.3 is 0 Å². The van der Waals surface area contributed by atoms with Crippen molar-refractivity contribution in [1.29, 1.82) is 0 Å². The Morgan fingerprint density at radius 2 is 1.75 bits per heavy atom. The van der Waals surface area contributed by atoms with E-state index in [9.17, 15) is 4.79 Å². The number of aromatic amines is 1. The summed E-state index contributed by atoms with van der Waals surface area (Å²) >= 11 is 0. The van der Waals surface area contributed by atoms with Gasteiger partial charge in [-0.15, -0.1) is 0 Å². The fraction of sp³-hybridized carbons (Fsp3) is 0.273. The lowest BCUT2D eigenvalue weighted by atomic mass is 10.0. The van der Waals surface area contributed by atoms with Crippen molar-refractivity contribution in [3.05, 3.63) is 70.4 Å². The minimum absolute atomic E-state index is 0.156. The van der Waals surface area contributed by atoms with Crippen molar-refractivity contribution in [2.24, 2.45) is 0 Å². The molecule has 6 nitrogen and oxygen atoms in total. The zero-order valence-electron chi connectivity index (χ0n) is 16.6. The molecule has 1 aromatic heterocycles. The van der Waals surface area contributed by atoms with E-state index >= 15 is 0 Å². The predicted molar refractivity (Wildman–Crippen MR) is 109 cm³/mol. The number of H-pyrrole nitrogens is 1. The summed E-state index contributed by atoms with van der Waals surface area (Å²) in [4.78, 5) is 12.5. The first-order chi connectivity index (χ1) is 13.5. The lowest BCUT2D eigenvalue weighted by molar-refractivity contribution is 0.102. The molecule has 28 heavy (non-hydrogen) atoms. The van der Waals surface area contributed by atoms with Crippen LogP contribution in [0.5, 0.6) is 11.5 Å². The molecule has 0 unspecified atom stereocenters. The van der Waals surface area contributed by atoms with Crippen molar-refractivity contribution in [3.63, 3.8) is 0 Å². The maximum absolute atomic E-state index is 12.5. The van der Waals surface area contributed by atoms with Crippen LogP contribution in [0.4, 0.5) is 5.82 Å². The highest BCUT2D eigenvalue weighted by atomic mass is 16.5. The molecule has 1 heterocycles. The molecule has 0 spiro atoms. The van der Waals surface area contributed by atoms with Gasteiger partial charge < -0.3 is 14.8 Å². The van der Waals surface area contributed by atoms with Gasteiger partial charge in [0, 0.05) is 23.4 Å². The number of aryl methyl sites for hydroxylation is 3. The van der Waals surface area contributed by atoms with Crippen LogP contribution in [-0.2, 0) is 12.8 Å². The van der Waals surface area contributed by atoms with Gasteiger partial charge in [0.25, 0.3) is 5.91 Å². The summed E-state index contributed by atoms with van der Waals surface area (Å²) in [7, 11) is 3.27. The molecular formula is C22H25N3O3. The fourth-order valence-electron chi connectivity index (χ4n) is 3.02. The number of carbonyl (C=O) groups is 1. The highest BCUT2D eigenvalue weighted by molar-refractivity contribution is 6.05. The largest absolute Gasteiger partial charge is 0.497 e. The van der Waals surface area contributed by atoms with E-state index in [0.29, 0.717) is 11.4 Å². The molecule has 0 saturated heterocycles. The first kappa shape index (κ1) is 19.5. The molecule has 2 aromatic carbocycles. The van der Waals surface area contributed by atoms with Crippen LogP contribution in [0.2, 0.25) is 0 Å². The molecule has 0 saturated carbocycles. The molecule has 6 heteroatoms. The highest BCUT2D eigenvalue weighted by Gasteiger charge is 2.12. The standard InChI is InChI=1S/C22H25N3O3/c1-14-6-5-7-20(15(14)2)22(26)23-21-12-17(24-25-21)9-8-16-10-18(27-3)13-19(11-16)28-4/h5-7,10-13H,8-9H2,1-4H3,(H2,23,24,25,26). The van der Waals surface area contributed by atoms with E-state index in [0.717, 1.165) is 46.7 Å². The molecule has 0 atom stereocenters. The minimum Gasteiger partial charge on any atom is -0.497 e. The molecule has 0 aliphatic carbocycles. The highest BCUT2D eigenvalue weighted by Crippen LogP contribution is 2.23. The number of methoxy groups -OCH3 is 2. The molecule has 0 fully saturated rings. The molecule has 3 rings (SSSR count). The van der Waals surface area contributed by atoms with Crippen molar-refractivity contribution in [1.82, 2.24) is 10.2 Å². The number of hydrogen-bond donors (Lipinski definition) is 2. The van der Waals surface area contributed by atoms with E-state index in [4.69, 9.17) is 9.47 Å². The average molecular weight is 379 g/mol. The first-order valence-electron chi connectivity index (χ1n) is 9.14. The van der Waals surface area contributed by atoms with Crippen LogP contribution >= 0.6 is 0 Å². The van der Waals surface area contributed by atoms with Gasteiger partial charge in [0.15, 0.2) is 5.82 Å². The number of amides is 1. The molecule has 146 valence electrons. The Morgan fingerprint density at radius 1 is 1.04 bits per heavy atom. The summed E-state index contributed by atoms with van der Waals surface area (Å²) < 4.78 is 10.6. The topological polar surface area (TPSA) is 76.2 Å². The Morgan fingerprint density at radius 3 is 2.43 bits per heavy atom. The lowest BCUT2D eigenvalue weighted by Gasteiger charge is -2.08. The minimum atomic E-state index is -0.156. The van der Waals surface area contributed by atoms with Crippen molar-refractivity contribution in [3.8, 4) is 11.5 Å². The van der Waals surface area contributed by atoms with Gasteiger partial charge in [-0.2, -0.15) is 5.10 Å². The molecule has 0 aliphatic rings. The smallest absolute Gasteiger partial charge is 0.257 e. The number of aromatic nitrogens is 2. The molecule has 1 amide bonds. The number of rotatable bonds is 7. The number of nitrogens with zero attached hydrogens (tertiary/aromatic N) is 1. The second-order valence-corrected chi connectivity index (χ2v) is 6.70. The quantitative estimate of drug-likeness (QED) is 0.648. The Bertz CT molecular complexity index is 957. The van der Waals surface area contributed by atoms with Crippen LogP contribution in [0.25, 0.3) is 0 Å². The summed E-state index contributed by atoms with van der Waals surface area (Å²) in [5.41, 5.74) is 4.77. The summed E-state index contributed by atoms with van der Waals surface area (Å²) in [6, 6.07) is 13.4. The number of benzene rings is 2. The fourth-order valence-corrected chi connectivity index (χ4v) is 3.02.